The first-order chi connectivity index (χ1) is 15.1. The van der Waals surface area contributed by atoms with Gasteiger partial charge in [-0.2, -0.15) is 0 Å². The molecule has 0 radical (unpaired) electrons. The fraction of sp³-hybridized carbons (Fsp3) is 0.280. The highest BCUT2D eigenvalue weighted by Gasteiger charge is 2.36. The number of fused-ring (bicyclic) bond motifs is 1. The maximum absolute atomic E-state index is 13.6. The van der Waals surface area contributed by atoms with Gasteiger partial charge in [-0.05, 0) is 48.6 Å². The standard InChI is InChI=1S/C25H24O4S2/c1-3-29-24(27)23-20-14-13-19(17-9-11-18(28-2)12-10-17)22(26)21(20)25(31-23)30-15-16-7-5-4-6-8-16/h4-12,19H,3,13-15H2,1-2H3. The van der Waals surface area contributed by atoms with Crippen molar-refractivity contribution in [2.75, 3.05) is 13.7 Å². The van der Waals surface area contributed by atoms with E-state index in [0.717, 1.165) is 26.8 Å². The van der Waals surface area contributed by atoms with Gasteiger partial charge in [-0.1, -0.05) is 42.5 Å². The van der Waals surface area contributed by atoms with Gasteiger partial charge in [0.05, 0.1) is 17.9 Å². The van der Waals surface area contributed by atoms with Crippen molar-refractivity contribution in [2.45, 2.75) is 35.6 Å². The second kappa shape index (κ2) is 9.71. The summed E-state index contributed by atoms with van der Waals surface area (Å²) in [6.45, 7) is 2.12. The molecule has 31 heavy (non-hydrogen) atoms. The molecule has 1 aliphatic carbocycles. The summed E-state index contributed by atoms with van der Waals surface area (Å²) in [5.41, 5.74) is 3.73. The number of ether oxygens (including phenoxy) is 2. The Kier molecular flexibility index (Phi) is 6.78. The summed E-state index contributed by atoms with van der Waals surface area (Å²) in [6.07, 6.45) is 1.37. The largest absolute Gasteiger partial charge is 0.497 e. The monoisotopic (exact) mass is 452 g/mol. The van der Waals surface area contributed by atoms with Gasteiger partial charge in [0.25, 0.3) is 0 Å². The first-order valence-corrected chi connectivity index (χ1v) is 12.1. The minimum atomic E-state index is -0.328. The second-order valence-electron chi connectivity index (χ2n) is 7.30. The van der Waals surface area contributed by atoms with Crippen LogP contribution < -0.4 is 4.74 Å². The zero-order chi connectivity index (χ0) is 21.8. The van der Waals surface area contributed by atoms with E-state index < -0.39 is 0 Å². The third-order valence-corrected chi connectivity index (χ3v) is 7.97. The number of carbonyl (C=O) groups excluding carboxylic acids is 2. The Labute approximate surface area is 190 Å². The number of rotatable bonds is 7. The lowest BCUT2D eigenvalue weighted by molar-refractivity contribution is 0.0531. The van der Waals surface area contributed by atoms with Crippen molar-refractivity contribution in [1.82, 2.24) is 0 Å². The predicted octanol–water partition coefficient (Wildman–Crippen LogP) is 6.14. The molecule has 6 heteroatoms. The fourth-order valence-electron chi connectivity index (χ4n) is 3.86. The molecule has 4 rings (SSSR count). The highest BCUT2D eigenvalue weighted by Crippen LogP contribution is 2.45. The molecule has 0 spiro atoms. The van der Waals surface area contributed by atoms with Crippen molar-refractivity contribution < 1.29 is 19.1 Å². The van der Waals surface area contributed by atoms with Crippen LogP contribution >= 0.6 is 23.1 Å². The van der Waals surface area contributed by atoms with E-state index in [1.54, 1.807) is 25.8 Å². The molecule has 0 amide bonds. The molecule has 1 atom stereocenters. The Bertz CT molecular complexity index is 1070. The van der Waals surface area contributed by atoms with Gasteiger partial charge in [-0.25, -0.2) is 4.79 Å². The molecule has 0 N–H and O–H groups in total. The summed E-state index contributed by atoms with van der Waals surface area (Å²) in [5, 5.41) is 0. The number of esters is 1. The average molecular weight is 453 g/mol. The number of benzene rings is 2. The first kappa shape index (κ1) is 21.7. The molecule has 1 heterocycles. The number of thioether (sulfide) groups is 1. The van der Waals surface area contributed by atoms with Crippen molar-refractivity contribution in [2.24, 2.45) is 0 Å². The van der Waals surface area contributed by atoms with Crippen LogP contribution in [0.4, 0.5) is 0 Å². The van der Waals surface area contributed by atoms with Crippen LogP contribution in [0.1, 0.15) is 56.0 Å². The Morgan fingerprint density at radius 1 is 1.13 bits per heavy atom. The SMILES string of the molecule is CCOC(=O)c1sc(SCc2ccccc2)c2c1CCC(c1ccc(OC)cc1)C2=O. The summed E-state index contributed by atoms with van der Waals surface area (Å²) < 4.78 is 11.4. The third-order valence-electron chi connectivity index (χ3n) is 5.41. The summed E-state index contributed by atoms with van der Waals surface area (Å²) in [7, 11) is 1.63. The van der Waals surface area contributed by atoms with Crippen LogP contribution in [0.3, 0.4) is 0 Å². The maximum atomic E-state index is 13.6. The molecule has 1 aliphatic rings. The fourth-order valence-corrected chi connectivity index (χ4v) is 6.37. The lowest BCUT2D eigenvalue weighted by Gasteiger charge is -2.23. The van der Waals surface area contributed by atoms with E-state index in [2.05, 4.69) is 12.1 Å². The zero-order valence-electron chi connectivity index (χ0n) is 17.6. The number of Topliss-reactive ketones (excluding diaryl/α,β-unsaturated/α-hetero) is 1. The van der Waals surface area contributed by atoms with Crippen molar-refractivity contribution >= 4 is 34.9 Å². The number of ketones is 1. The van der Waals surface area contributed by atoms with Gasteiger partial charge in [-0.15, -0.1) is 23.1 Å². The molecular formula is C25H24O4S2. The molecule has 2 aromatic carbocycles. The van der Waals surface area contributed by atoms with Gasteiger partial charge >= 0.3 is 5.97 Å². The van der Waals surface area contributed by atoms with Crippen molar-refractivity contribution in [3.8, 4) is 5.75 Å². The summed E-state index contributed by atoms with van der Waals surface area (Å²) >= 11 is 3.02. The Hall–Kier alpha value is -2.57. The van der Waals surface area contributed by atoms with Crippen LogP contribution in [0.25, 0.3) is 0 Å². The number of hydrogen-bond acceptors (Lipinski definition) is 6. The second-order valence-corrected chi connectivity index (χ2v) is 9.56. The van der Waals surface area contributed by atoms with Crippen molar-refractivity contribution in [3.05, 3.63) is 81.7 Å². The van der Waals surface area contributed by atoms with E-state index in [1.807, 2.05) is 42.5 Å². The van der Waals surface area contributed by atoms with E-state index in [0.29, 0.717) is 29.9 Å². The highest BCUT2D eigenvalue weighted by atomic mass is 32.2. The normalized spacial score (nSPS) is 15.4. The Balaban J connectivity index is 1.68. The third kappa shape index (κ3) is 4.55. The van der Waals surface area contributed by atoms with E-state index in [9.17, 15) is 9.59 Å². The van der Waals surface area contributed by atoms with Crippen molar-refractivity contribution in [3.63, 3.8) is 0 Å². The number of thiophene rings is 1. The van der Waals surface area contributed by atoms with E-state index >= 15 is 0 Å². The molecule has 160 valence electrons. The van der Waals surface area contributed by atoms with Crippen LogP contribution in [0, 0.1) is 0 Å². The minimum Gasteiger partial charge on any atom is -0.497 e. The smallest absolute Gasteiger partial charge is 0.348 e. The molecule has 0 bridgehead atoms. The summed E-state index contributed by atoms with van der Waals surface area (Å²) in [4.78, 5) is 26.8. The number of hydrogen-bond donors (Lipinski definition) is 0. The topological polar surface area (TPSA) is 52.6 Å². The molecule has 1 aromatic heterocycles. The maximum Gasteiger partial charge on any atom is 0.348 e. The minimum absolute atomic E-state index is 0.0915. The Morgan fingerprint density at radius 3 is 2.55 bits per heavy atom. The van der Waals surface area contributed by atoms with Gasteiger partial charge in [0.1, 0.15) is 10.6 Å². The molecule has 1 unspecified atom stereocenters. The van der Waals surface area contributed by atoms with Crippen LogP contribution in [0.15, 0.2) is 58.8 Å². The molecular weight excluding hydrogens is 428 g/mol. The lowest BCUT2D eigenvalue weighted by Crippen LogP contribution is -2.21. The predicted molar refractivity (Wildman–Crippen MR) is 125 cm³/mol. The van der Waals surface area contributed by atoms with Gasteiger partial charge in [0.2, 0.25) is 0 Å². The van der Waals surface area contributed by atoms with Crippen molar-refractivity contribution in [1.29, 1.82) is 0 Å². The van der Waals surface area contributed by atoms with Crippen LogP contribution in [0.5, 0.6) is 5.75 Å². The van der Waals surface area contributed by atoms with Gasteiger partial charge < -0.3 is 9.47 Å². The first-order valence-electron chi connectivity index (χ1n) is 10.3. The van der Waals surface area contributed by atoms with E-state index in [4.69, 9.17) is 9.47 Å². The average Bonchev–Trinajstić information content (AvgIpc) is 3.18. The van der Waals surface area contributed by atoms with Gasteiger partial charge in [0, 0.05) is 17.2 Å². The molecule has 4 nitrogen and oxygen atoms in total. The summed E-state index contributed by atoms with van der Waals surface area (Å²) in [6, 6.07) is 17.8. The Morgan fingerprint density at radius 2 is 1.87 bits per heavy atom. The van der Waals surface area contributed by atoms with Gasteiger partial charge in [0.15, 0.2) is 5.78 Å². The van der Waals surface area contributed by atoms with E-state index in [1.165, 1.54) is 16.9 Å². The van der Waals surface area contributed by atoms with Crippen LogP contribution in [0.2, 0.25) is 0 Å². The highest BCUT2D eigenvalue weighted by molar-refractivity contribution is 8.00. The lowest BCUT2D eigenvalue weighted by atomic mass is 9.80. The molecule has 0 saturated carbocycles. The quantitative estimate of drug-likeness (QED) is 0.318. The number of carbonyl (C=O) groups is 2. The van der Waals surface area contributed by atoms with Crippen LogP contribution in [-0.2, 0) is 16.9 Å². The molecule has 3 aromatic rings. The molecule has 0 aliphatic heterocycles. The molecule has 0 saturated heterocycles. The van der Waals surface area contributed by atoms with Crippen LogP contribution in [-0.4, -0.2) is 25.5 Å². The summed E-state index contributed by atoms with van der Waals surface area (Å²) in [5.74, 6) is 1.07. The molecule has 0 fully saturated rings. The zero-order valence-corrected chi connectivity index (χ0v) is 19.2. The van der Waals surface area contributed by atoms with E-state index in [-0.39, 0.29) is 17.7 Å². The van der Waals surface area contributed by atoms with Gasteiger partial charge in [-0.3, -0.25) is 4.79 Å². The number of methoxy groups -OCH3 is 1.